The van der Waals surface area contributed by atoms with Gasteiger partial charge in [-0.05, 0) is 26.9 Å². The van der Waals surface area contributed by atoms with E-state index in [1.54, 1.807) is 6.20 Å². The molecule has 102 valence electrons. The number of carbonyl (C=O) groups excluding carboxylic acids is 1. The van der Waals surface area contributed by atoms with E-state index in [9.17, 15) is 4.79 Å². The second kappa shape index (κ2) is 6.14. The highest BCUT2D eigenvalue weighted by atomic mass is 16.1. The summed E-state index contributed by atoms with van der Waals surface area (Å²) >= 11 is 0. The van der Waals surface area contributed by atoms with Crippen LogP contribution in [-0.2, 0) is 18.3 Å². The first-order valence-electron chi connectivity index (χ1n) is 6.64. The van der Waals surface area contributed by atoms with Crippen LogP contribution >= 0.6 is 0 Å². The Morgan fingerprint density at radius 3 is 2.39 bits per heavy atom. The monoisotopic (exact) mass is 251 g/mol. The second-order valence-corrected chi connectivity index (χ2v) is 5.01. The first-order valence-corrected chi connectivity index (χ1v) is 6.64. The molecule has 0 saturated carbocycles. The lowest BCUT2D eigenvalue weighted by atomic mass is 9.84. The molecule has 0 spiro atoms. The molecule has 18 heavy (non-hydrogen) atoms. The molecule has 0 fully saturated rings. The maximum absolute atomic E-state index is 12.5. The maximum Gasteiger partial charge on any atom is 0.153 e. The third kappa shape index (κ3) is 2.80. The van der Waals surface area contributed by atoms with Crippen LogP contribution in [0.2, 0.25) is 0 Å². The number of Topliss-reactive ketones (excluding diaryl/α,β-unsaturated/α-hetero) is 1. The topological polar surface area (TPSA) is 38.1 Å². The molecule has 0 N–H and O–H groups in total. The first kappa shape index (κ1) is 14.9. The van der Waals surface area contributed by atoms with E-state index in [4.69, 9.17) is 0 Å². The highest BCUT2D eigenvalue weighted by molar-refractivity contribution is 5.88. The van der Waals surface area contributed by atoms with Crippen molar-refractivity contribution in [2.75, 3.05) is 14.1 Å². The second-order valence-electron chi connectivity index (χ2n) is 5.01. The molecule has 0 atom stereocenters. The Morgan fingerprint density at radius 1 is 1.39 bits per heavy atom. The van der Waals surface area contributed by atoms with Crippen molar-refractivity contribution in [3.8, 4) is 0 Å². The van der Waals surface area contributed by atoms with Crippen LogP contribution in [0.5, 0.6) is 0 Å². The van der Waals surface area contributed by atoms with Gasteiger partial charge in [0.2, 0.25) is 0 Å². The molecule has 0 unspecified atom stereocenters. The number of carbonyl (C=O) groups is 1. The Morgan fingerprint density at radius 2 is 2.00 bits per heavy atom. The zero-order valence-electron chi connectivity index (χ0n) is 12.2. The summed E-state index contributed by atoms with van der Waals surface area (Å²) in [5.41, 5.74) is -0.314. The van der Waals surface area contributed by atoms with Gasteiger partial charge in [-0.3, -0.25) is 9.69 Å². The van der Waals surface area contributed by atoms with Gasteiger partial charge in [-0.2, -0.15) is 0 Å². The maximum atomic E-state index is 12.5. The molecule has 4 heteroatoms. The lowest BCUT2D eigenvalue weighted by molar-refractivity contribution is -0.130. The van der Waals surface area contributed by atoms with Gasteiger partial charge in [0.1, 0.15) is 5.82 Å². The van der Waals surface area contributed by atoms with Gasteiger partial charge in [0.15, 0.2) is 5.78 Å². The zero-order chi connectivity index (χ0) is 13.8. The fourth-order valence-corrected chi connectivity index (χ4v) is 2.62. The normalized spacial score (nSPS) is 12.1. The summed E-state index contributed by atoms with van der Waals surface area (Å²) in [6.45, 7) is 4.17. The number of ketones is 1. The minimum Gasteiger partial charge on any atom is -0.338 e. The van der Waals surface area contributed by atoms with Crippen molar-refractivity contribution in [3.63, 3.8) is 0 Å². The van der Waals surface area contributed by atoms with Crippen LogP contribution in [0.25, 0.3) is 0 Å². The van der Waals surface area contributed by atoms with Crippen LogP contribution in [0.4, 0.5) is 0 Å². The molecule has 0 aliphatic rings. The predicted octanol–water partition coefficient (Wildman–Crippen LogP) is 2.04. The van der Waals surface area contributed by atoms with Gasteiger partial charge in [0.25, 0.3) is 0 Å². The van der Waals surface area contributed by atoms with Crippen LogP contribution in [0.1, 0.15) is 38.9 Å². The summed E-state index contributed by atoms with van der Waals surface area (Å²) < 4.78 is 1.97. The van der Waals surface area contributed by atoms with E-state index < -0.39 is 0 Å². The van der Waals surface area contributed by atoms with Crippen molar-refractivity contribution in [2.45, 2.75) is 45.1 Å². The number of nitrogens with zero attached hydrogens (tertiary/aromatic N) is 3. The van der Waals surface area contributed by atoms with E-state index >= 15 is 0 Å². The molecular formula is C14H25N3O. The minimum atomic E-state index is -0.314. The van der Waals surface area contributed by atoms with E-state index in [-0.39, 0.29) is 5.54 Å². The molecule has 1 heterocycles. The van der Waals surface area contributed by atoms with Crippen LogP contribution in [0.15, 0.2) is 12.4 Å². The van der Waals surface area contributed by atoms with Crippen molar-refractivity contribution in [3.05, 3.63) is 18.2 Å². The van der Waals surface area contributed by atoms with E-state index in [1.807, 2.05) is 31.9 Å². The van der Waals surface area contributed by atoms with Crippen LogP contribution in [0.3, 0.4) is 0 Å². The fraction of sp³-hybridized carbons (Fsp3) is 0.714. The number of imidazole rings is 1. The fourth-order valence-electron chi connectivity index (χ4n) is 2.62. The molecule has 4 nitrogen and oxygen atoms in total. The number of hydrogen-bond acceptors (Lipinski definition) is 3. The highest BCUT2D eigenvalue weighted by Gasteiger charge is 2.36. The molecule has 0 amide bonds. The van der Waals surface area contributed by atoms with E-state index in [0.29, 0.717) is 12.2 Å². The lowest BCUT2D eigenvalue weighted by Gasteiger charge is -2.37. The molecular weight excluding hydrogens is 226 g/mol. The number of hydrogen-bond donors (Lipinski definition) is 0. The number of aryl methyl sites for hydroxylation is 2. The summed E-state index contributed by atoms with van der Waals surface area (Å²) in [5.74, 6) is 1.30. The molecule has 0 saturated heterocycles. The Kier molecular flexibility index (Phi) is 5.08. The van der Waals surface area contributed by atoms with Crippen LogP contribution in [-0.4, -0.2) is 39.9 Å². The van der Waals surface area contributed by atoms with Crippen molar-refractivity contribution < 1.29 is 4.79 Å². The molecule has 1 rings (SSSR count). The minimum absolute atomic E-state index is 0.314. The zero-order valence-corrected chi connectivity index (χ0v) is 12.2. The largest absolute Gasteiger partial charge is 0.338 e. The van der Waals surface area contributed by atoms with Gasteiger partial charge < -0.3 is 4.57 Å². The molecule has 0 aliphatic carbocycles. The summed E-state index contributed by atoms with van der Waals surface area (Å²) in [6.07, 6.45) is 6.69. The van der Waals surface area contributed by atoms with Crippen molar-refractivity contribution in [2.24, 2.45) is 7.05 Å². The van der Waals surface area contributed by atoms with Gasteiger partial charge in [-0.1, -0.05) is 13.8 Å². The number of aromatic nitrogens is 2. The van der Waals surface area contributed by atoms with Gasteiger partial charge in [-0.25, -0.2) is 4.98 Å². The van der Waals surface area contributed by atoms with Gasteiger partial charge in [0.05, 0.1) is 5.54 Å². The van der Waals surface area contributed by atoms with E-state index in [1.165, 1.54) is 0 Å². The molecule has 0 bridgehead atoms. The molecule has 0 radical (unpaired) electrons. The van der Waals surface area contributed by atoms with Gasteiger partial charge >= 0.3 is 0 Å². The smallest absolute Gasteiger partial charge is 0.153 e. The van der Waals surface area contributed by atoms with Crippen molar-refractivity contribution in [1.82, 2.24) is 14.5 Å². The summed E-state index contributed by atoms with van der Waals surface area (Å²) in [6, 6.07) is 0. The average molecular weight is 251 g/mol. The first-order chi connectivity index (χ1) is 8.47. The Bertz CT molecular complexity index is 391. The van der Waals surface area contributed by atoms with Gasteiger partial charge in [-0.15, -0.1) is 0 Å². The third-order valence-corrected chi connectivity index (χ3v) is 4.04. The van der Waals surface area contributed by atoms with Crippen molar-refractivity contribution >= 4 is 5.78 Å². The lowest BCUT2D eigenvalue weighted by Crippen LogP contribution is -2.50. The predicted molar refractivity (Wildman–Crippen MR) is 73.5 cm³/mol. The summed E-state index contributed by atoms with van der Waals surface area (Å²) in [4.78, 5) is 18.8. The summed E-state index contributed by atoms with van der Waals surface area (Å²) in [7, 11) is 5.95. The van der Waals surface area contributed by atoms with Crippen LogP contribution in [0, 0.1) is 0 Å². The third-order valence-electron chi connectivity index (χ3n) is 4.04. The molecule has 1 aromatic heterocycles. The Labute approximate surface area is 110 Å². The summed E-state index contributed by atoms with van der Waals surface area (Å²) in [5, 5.41) is 0. The average Bonchev–Trinajstić information content (AvgIpc) is 2.74. The van der Waals surface area contributed by atoms with Gasteiger partial charge in [0, 0.05) is 32.3 Å². The number of rotatable bonds is 7. The number of likely N-dealkylation sites (N-methyl/N-ethyl adjacent to an activating group) is 1. The van der Waals surface area contributed by atoms with E-state index in [2.05, 4.69) is 23.7 Å². The van der Waals surface area contributed by atoms with E-state index in [0.717, 1.165) is 25.1 Å². The van der Waals surface area contributed by atoms with Crippen LogP contribution < -0.4 is 0 Å². The standard InChI is InChI=1S/C14H25N3O/c1-6-14(7-2,16(3)4)12(18)8-9-13-15-10-11-17(13)5/h10-11H,6-9H2,1-5H3. The quantitative estimate of drug-likeness (QED) is 0.744. The molecule has 0 aliphatic heterocycles. The highest BCUT2D eigenvalue weighted by Crippen LogP contribution is 2.24. The SMILES string of the molecule is CCC(CC)(C(=O)CCc1nccn1C)N(C)C. The molecule has 1 aromatic rings. The Hall–Kier alpha value is -1.16. The Balaban J connectivity index is 2.72. The molecule has 0 aromatic carbocycles. The van der Waals surface area contributed by atoms with Crippen molar-refractivity contribution in [1.29, 1.82) is 0 Å².